The lowest BCUT2D eigenvalue weighted by Crippen LogP contribution is -2.55. The molecule has 0 saturated carbocycles. The highest BCUT2D eigenvalue weighted by atomic mass is 16.5. The van der Waals surface area contributed by atoms with Crippen molar-refractivity contribution in [1.29, 1.82) is 0 Å². The molecule has 1 saturated heterocycles. The van der Waals surface area contributed by atoms with Crippen molar-refractivity contribution < 1.29 is 28.6 Å². The van der Waals surface area contributed by atoms with Crippen LogP contribution >= 0.6 is 0 Å². The van der Waals surface area contributed by atoms with Gasteiger partial charge in [0.1, 0.15) is 0 Å². The van der Waals surface area contributed by atoms with E-state index in [1.54, 1.807) is 18.2 Å². The number of esters is 1. The van der Waals surface area contributed by atoms with Crippen LogP contribution in [0, 0.1) is 5.92 Å². The van der Waals surface area contributed by atoms with E-state index in [2.05, 4.69) is 10.2 Å². The Kier molecular flexibility index (Phi) is 5.62. The molecule has 2 rings (SSSR count). The summed E-state index contributed by atoms with van der Waals surface area (Å²) in [5.41, 5.74) is 3.18. The van der Waals surface area contributed by atoms with Crippen LogP contribution in [0.1, 0.15) is 12.0 Å². The van der Waals surface area contributed by atoms with Crippen molar-refractivity contribution in [2.24, 2.45) is 5.92 Å². The van der Waals surface area contributed by atoms with E-state index in [-0.39, 0.29) is 25.3 Å². The molecule has 2 amide bonds. The highest BCUT2D eigenvalue weighted by Gasteiger charge is 2.33. The van der Waals surface area contributed by atoms with Crippen molar-refractivity contribution in [3.63, 3.8) is 0 Å². The largest absolute Gasteiger partial charge is 0.493 e. The first-order valence-electron chi connectivity index (χ1n) is 7.37. The molecule has 0 bridgehead atoms. The van der Waals surface area contributed by atoms with Gasteiger partial charge in [0, 0.05) is 6.42 Å². The van der Waals surface area contributed by atoms with Gasteiger partial charge in [0.05, 0.1) is 40.2 Å². The molecule has 24 heavy (non-hydrogen) atoms. The van der Waals surface area contributed by atoms with Crippen molar-refractivity contribution in [1.82, 2.24) is 10.4 Å². The summed E-state index contributed by atoms with van der Waals surface area (Å²) in [5, 5.41) is 1.16. The van der Waals surface area contributed by atoms with E-state index in [4.69, 9.17) is 9.47 Å². The van der Waals surface area contributed by atoms with Gasteiger partial charge in [-0.15, -0.1) is 0 Å². The number of nitrogens with one attached hydrogen (secondary N) is 1. The summed E-state index contributed by atoms with van der Waals surface area (Å²) in [6.45, 7) is 0.0878. The van der Waals surface area contributed by atoms with Gasteiger partial charge in [0.15, 0.2) is 11.5 Å². The molecule has 1 fully saturated rings. The number of hydrogen-bond acceptors (Lipinski definition) is 6. The average molecular weight is 336 g/mol. The van der Waals surface area contributed by atoms with Crippen molar-refractivity contribution in [2.45, 2.75) is 12.8 Å². The normalized spacial score (nSPS) is 17.0. The number of carbonyl (C=O) groups is 3. The van der Waals surface area contributed by atoms with Gasteiger partial charge in [0.2, 0.25) is 11.8 Å². The fraction of sp³-hybridized carbons (Fsp3) is 0.438. The zero-order valence-corrected chi connectivity index (χ0v) is 13.8. The minimum absolute atomic E-state index is 0.00676. The van der Waals surface area contributed by atoms with Crippen LogP contribution in [0.4, 0.5) is 0 Å². The maximum atomic E-state index is 12.4. The number of nitrogens with zero attached hydrogens (tertiary/aromatic N) is 1. The fourth-order valence-corrected chi connectivity index (χ4v) is 2.50. The third kappa shape index (κ3) is 3.95. The van der Waals surface area contributed by atoms with Crippen LogP contribution in [-0.2, 0) is 25.5 Å². The zero-order valence-electron chi connectivity index (χ0n) is 13.8. The molecule has 1 unspecified atom stereocenters. The minimum atomic E-state index is -0.655. The summed E-state index contributed by atoms with van der Waals surface area (Å²) in [4.78, 5) is 35.7. The Morgan fingerprint density at radius 2 is 1.92 bits per heavy atom. The Bertz CT molecular complexity index is 645. The number of hydrogen-bond donors (Lipinski definition) is 1. The van der Waals surface area contributed by atoms with E-state index in [9.17, 15) is 14.4 Å². The first-order chi connectivity index (χ1) is 11.5. The van der Waals surface area contributed by atoms with Gasteiger partial charge >= 0.3 is 5.97 Å². The number of methoxy groups -OCH3 is 3. The van der Waals surface area contributed by atoms with Crippen molar-refractivity contribution >= 4 is 17.8 Å². The molecule has 8 heteroatoms. The van der Waals surface area contributed by atoms with Gasteiger partial charge in [0.25, 0.3) is 0 Å². The van der Waals surface area contributed by atoms with E-state index in [0.717, 1.165) is 5.01 Å². The van der Waals surface area contributed by atoms with Crippen LogP contribution in [0.3, 0.4) is 0 Å². The summed E-state index contributed by atoms with van der Waals surface area (Å²) >= 11 is 0. The SMILES string of the molecule is COC(=O)C1CC(=O)NN(C(=O)Cc2ccc(OC)c(OC)c2)C1. The smallest absolute Gasteiger partial charge is 0.311 e. The molecule has 130 valence electrons. The Morgan fingerprint density at radius 1 is 1.21 bits per heavy atom. The van der Waals surface area contributed by atoms with Gasteiger partial charge in [-0.3, -0.25) is 24.8 Å². The number of ether oxygens (including phenoxy) is 3. The molecule has 0 aliphatic carbocycles. The van der Waals surface area contributed by atoms with Crippen LogP contribution in [-0.4, -0.2) is 50.7 Å². The van der Waals surface area contributed by atoms with E-state index in [1.807, 2.05) is 0 Å². The molecule has 1 heterocycles. The molecule has 0 aromatic heterocycles. The Hall–Kier alpha value is -2.77. The Labute approximate surface area is 139 Å². The van der Waals surface area contributed by atoms with Crippen molar-refractivity contribution in [3.8, 4) is 11.5 Å². The lowest BCUT2D eigenvalue weighted by molar-refractivity contribution is -0.156. The Balaban J connectivity index is 2.08. The molecule has 0 radical (unpaired) electrons. The van der Waals surface area contributed by atoms with Crippen molar-refractivity contribution in [2.75, 3.05) is 27.9 Å². The van der Waals surface area contributed by atoms with E-state index >= 15 is 0 Å². The van der Waals surface area contributed by atoms with Gasteiger partial charge in [-0.25, -0.2) is 0 Å². The summed E-state index contributed by atoms with van der Waals surface area (Å²) in [7, 11) is 4.29. The van der Waals surface area contributed by atoms with E-state index < -0.39 is 17.8 Å². The van der Waals surface area contributed by atoms with Gasteiger partial charge in [-0.05, 0) is 17.7 Å². The Morgan fingerprint density at radius 3 is 2.54 bits per heavy atom. The topological polar surface area (TPSA) is 94.2 Å². The predicted octanol–water partition coefficient (Wildman–Crippen LogP) is 0.299. The van der Waals surface area contributed by atoms with Crippen LogP contribution in [0.15, 0.2) is 18.2 Å². The summed E-state index contributed by atoms with van der Waals surface area (Å²) < 4.78 is 15.0. The van der Waals surface area contributed by atoms with Crippen LogP contribution in [0.2, 0.25) is 0 Å². The van der Waals surface area contributed by atoms with Crippen LogP contribution in [0.5, 0.6) is 11.5 Å². The third-order valence-corrected chi connectivity index (χ3v) is 3.73. The van der Waals surface area contributed by atoms with Gasteiger partial charge in [-0.2, -0.15) is 0 Å². The molecular weight excluding hydrogens is 316 g/mol. The minimum Gasteiger partial charge on any atom is -0.493 e. The lowest BCUT2D eigenvalue weighted by atomic mass is 10.0. The summed E-state index contributed by atoms with van der Waals surface area (Å²) in [5.74, 6) is -0.808. The number of carbonyl (C=O) groups excluding carboxylic acids is 3. The molecule has 0 spiro atoms. The highest BCUT2D eigenvalue weighted by molar-refractivity contribution is 5.88. The zero-order chi connectivity index (χ0) is 17.7. The maximum Gasteiger partial charge on any atom is 0.311 e. The van der Waals surface area contributed by atoms with E-state index in [1.165, 1.54) is 21.3 Å². The number of benzene rings is 1. The van der Waals surface area contributed by atoms with Crippen LogP contribution < -0.4 is 14.9 Å². The lowest BCUT2D eigenvalue weighted by Gasteiger charge is -2.31. The van der Waals surface area contributed by atoms with E-state index in [0.29, 0.717) is 17.1 Å². The van der Waals surface area contributed by atoms with Crippen molar-refractivity contribution in [3.05, 3.63) is 23.8 Å². The molecule has 1 aliphatic heterocycles. The highest BCUT2D eigenvalue weighted by Crippen LogP contribution is 2.28. The number of amides is 2. The molecule has 8 nitrogen and oxygen atoms in total. The standard InChI is InChI=1S/C16H20N2O6/c1-22-12-5-4-10(6-13(12)23-2)7-15(20)18-9-11(16(21)24-3)8-14(19)17-18/h4-6,11H,7-9H2,1-3H3,(H,17,19). The second kappa shape index (κ2) is 7.67. The molecule has 1 atom stereocenters. The van der Waals surface area contributed by atoms with Crippen LogP contribution in [0.25, 0.3) is 0 Å². The molecular formula is C16H20N2O6. The fourth-order valence-electron chi connectivity index (χ4n) is 2.50. The first kappa shape index (κ1) is 17.6. The predicted molar refractivity (Wildman–Crippen MR) is 83.2 cm³/mol. The summed E-state index contributed by atoms with van der Waals surface area (Å²) in [6.07, 6.45) is 0.0569. The monoisotopic (exact) mass is 336 g/mol. The molecule has 1 aromatic carbocycles. The average Bonchev–Trinajstić information content (AvgIpc) is 2.60. The molecule has 1 N–H and O–H groups in total. The third-order valence-electron chi connectivity index (χ3n) is 3.73. The summed E-state index contributed by atoms with van der Waals surface area (Å²) in [6, 6.07) is 5.14. The molecule has 1 aromatic rings. The first-order valence-corrected chi connectivity index (χ1v) is 7.37. The maximum absolute atomic E-state index is 12.4. The number of hydrazine groups is 1. The second-order valence-electron chi connectivity index (χ2n) is 5.33. The van der Waals surface area contributed by atoms with Gasteiger partial charge < -0.3 is 14.2 Å². The quantitative estimate of drug-likeness (QED) is 0.777. The number of rotatable bonds is 5. The second-order valence-corrected chi connectivity index (χ2v) is 5.33. The van der Waals surface area contributed by atoms with Gasteiger partial charge in [-0.1, -0.05) is 6.07 Å². The molecule has 1 aliphatic rings.